The predicted octanol–water partition coefficient (Wildman–Crippen LogP) is 1.88. The monoisotopic (exact) mass is 878 g/mol. The van der Waals surface area contributed by atoms with E-state index < -0.39 is 30.0 Å². The molecule has 0 aliphatic rings. The molecule has 19 nitrogen and oxygen atoms in total. The van der Waals surface area contributed by atoms with Crippen LogP contribution < -0.4 is 33.4 Å². The highest BCUT2D eigenvalue weighted by atomic mass is 16.7. The van der Waals surface area contributed by atoms with Gasteiger partial charge in [-0.1, -0.05) is 48.5 Å². The van der Waals surface area contributed by atoms with Crippen molar-refractivity contribution in [3.8, 4) is 12.0 Å². The van der Waals surface area contributed by atoms with Gasteiger partial charge in [0.1, 0.15) is 51.8 Å². The third kappa shape index (κ3) is 19.8. The van der Waals surface area contributed by atoms with Crippen molar-refractivity contribution in [2.24, 2.45) is 27.2 Å². The number of anilines is 2. The summed E-state index contributed by atoms with van der Waals surface area (Å²) in [5, 5.41) is 8.48. The number of Topliss-reactive ketones (excluding diaryl/α,β-unsaturated/α-hetero) is 4. The summed E-state index contributed by atoms with van der Waals surface area (Å²) in [6, 6.07) is 24.1. The van der Waals surface area contributed by atoms with Gasteiger partial charge in [0.25, 0.3) is 6.26 Å². The summed E-state index contributed by atoms with van der Waals surface area (Å²) in [5.74, 6) is -0.954. The van der Waals surface area contributed by atoms with Gasteiger partial charge in [-0.2, -0.15) is 9.98 Å². The highest BCUT2D eigenvalue weighted by molar-refractivity contribution is 5.87. The molecule has 19 heteroatoms. The number of aliphatic imine (C=N–C) groups is 2. The lowest BCUT2D eigenvalue weighted by Gasteiger charge is -2.13. The first-order chi connectivity index (χ1) is 30.8. The zero-order valence-electron chi connectivity index (χ0n) is 34.8. The maximum absolute atomic E-state index is 12.3. The van der Waals surface area contributed by atoms with E-state index in [0.717, 1.165) is 16.7 Å². The van der Waals surface area contributed by atoms with Gasteiger partial charge in [0.05, 0.1) is 23.8 Å². The second kappa shape index (κ2) is 28.5. The summed E-state index contributed by atoms with van der Waals surface area (Å²) in [6.07, 6.45) is 5.54. The summed E-state index contributed by atoms with van der Waals surface area (Å²) in [6.45, 7) is -1.61. The largest absolute Gasteiger partial charge is 0.399 e. The number of nitriles is 1. The van der Waals surface area contributed by atoms with E-state index in [0.29, 0.717) is 41.2 Å². The fourth-order valence-corrected chi connectivity index (χ4v) is 5.54. The Balaban J connectivity index is 0.000000346. The standard InChI is InChI=1S/C24H22N4O7.C21H28N4O4/c25-13-35-20-7-3-17(4-8-20)9-21(26)23(31)11-33-16-34-12-24(32)22(28-15-30)10-18-1-5-19(6-2-18)27-14-29;22-16-5-1-14(2-6-16)9-18(24)20(26)11-28-13-29-12-21(27)19(25)10-15-3-7-17(23)8-4-15/h1-8,21-22H,9-12,16,26H2;1-8,18-19H,9-13,22-25H2. The van der Waals surface area contributed by atoms with Crippen molar-refractivity contribution >= 4 is 52.4 Å². The minimum Gasteiger partial charge on any atom is -0.399 e. The van der Waals surface area contributed by atoms with Gasteiger partial charge >= 0.3 is 0 Å². The summed E-state index contributed by atoms with van der Waals surface area (Å²) < 4.78 is 25.3. The molecule has 10 N–H and O–H groups in total. The van der Waals surface area contributed by atoms with E-state index in [4.69, 9.17) is 52.9 Å². The molecule has 4 unspecified atom stereocenters. The van der Waals surface area contributed by atoms with Crippen LogP contribution in [0.3, 0.4) is 0 Å². The van der Waals surface area contributed by atoms with Crippen LogP contribution in [0.4, 0.5) is 17.1 Å². The molecule has 64 heavy (non-hydrogen) atoms. The third-order valence-corrected chi connectivity index (χ3v) is 9.08. The minimum absolute atomic E-state index is 0.125. The molecule has 0 heterocycles. The number of benzene rings is 4. The Morgan fingerprint density at radius 2 is 0.875 bits per heavy atom. The van der Waals surface area contributed by atoms with Gasteiger partial charge in [-0.05, 0) is 90.0 Å². The Labute approximate surface area is 369 Å². The summed E-state index contributed by atoms with van der Waals surface area (Å²) in [5.41, 5.74) is 33.9. The number of isocyanates is 2. The molecule has 0 amide bonds. The van der Waals surface area contributed by atoms with Gasteiger partial charge in [0, 0.05) is 17.8 Å². The molecule has 0 spiro atoms. The Bertz CT molecular complexity index is 2170. The van der Waals surface area contributed by atoms with Crippen LogP contribution in [-0.2, 0) is 73.4 Å². The van der Waals surface area contributed by atoms with Crippen molar-refractivity contribution < 1.29 is 52.5 Å². The number of ether oxygens (including phenoxy) is 5. The van der Waals surface area contributed by atoms with Crippen LogP contribution in [-0.4, -0.2) is 99.5 Å². The molecule has 336 valence electrons. The van der Waals surface area contributed by atoms with Gasteiger partial charge in [-0.3, -0.25) is 19.2 Å². The van der Waals surface area contributed by atoms with Gasteiger partial charge in [0.2, 0.25) is 12.2 Å². The SMILES string of the molecule is N#COc1ccc(CC(N)C(=O)COCOCC(=O)C(Cc2ccc(N=C=O)cc2)N=C=O)cc1.Nc1ccc(CC(N)C(=O)COCOCC(=O)C(N)Cc2ccc(N)cc2)cc1. The minimum atomic E-state index is -1.01. The molecule has 0 radical (unpaired) electrons. The number of nitrogen functional groups attached to an aromatic ring is 2. The smallest absolute Gasteiger partial charge is 0.292 e. The molecule has 0 bridgehead atoms. The number of rotatable bonds is 27. The van der Waals surface area contributed by atoms with Gasteiger partial charge in [0.15, 0.2) is 23.1 Å². The van der Waals surface area contributed by atoms with Crippen molar-refractivity contribution in [3.63, 3.8) is 0 Å². The average molecular weight is 879 g/mol. The van der Waals surface area contributed by atoms with E-state index in [1.807, 2.05) is 24.3 Å². The van der Waals surface area contributed by atoms with Crippen molar-refractivity contribution in [2.75, 3.05) is 51.5 Å². The maximum atomic E-state index is 12.3. The fourth-order valence-electron chi connectivity index (χ4n) is 5.54. The van der Waals surface area contributed by atoms with Gasteiger partial charge in [-0.15, -0.1) is 5.26 Å². The number of ketones is 4. The van der Waals surface area contributed by atoms with Crippen LogP contribution in [0, 0.1) is 11.5 Å². The zero-order valence-corrected chi connectivity index (χ0v) is 34.8. The van der Waals surface area contributed by atoms with Crippen molar-refractivity contribution in [2.45, 2.75) is 49.9 Å². The van der Waals surface area contributed by atoms with Crippen LogP contribution in [0.2, 0.25) is 0 Å². The highest BCUT2D eigenvalue weighted by Crippen LogP contribution is 2.16. The van der Waals surface area contributed by atoms with E-state index in [1.165, 1.54) is 12.2 Å². The van der Waals surface area contributed by atoms with Crippen LogP contribution in [0.1, 0.15) is 22.3 Å². The second-order valence-corrected chi connectivity index (χ2v) is 14.1. The number of carbonyl (C=O) groups excluding carboxylic acids is 6. The third-order valence-electron chi connectivity index (χ3n) is 9.08. The number of carbonyl (C=O) groups is 4. The van der Waals surface area contributed by atoms with E-state index in [2.05, 4.69) is 14.7 Å². The van der Waals surface area contributed by atoms with Crippen LogP contribution in [0.5, 0.6) is 5.75 Å². The molecule has 4 aromatic carbocycles. The molecule has 4 rings (SSSR count). The Morgan fingerprint density at radius 1 is 0.516 bits per heavy atom. The molecular weight excluding hydrogens is 829 g/mol. The Morgan fingerprint density at radius 3 is 1.25 bits per heavy atom. The van der Waals surface area contributed by atoms with E-state index in [1.54, 1.807) is 79.1 Å². The quantitative estimate of drug-likeness (QED) is 0.0143. The molecule has 4 aromatic rings. The second-order valence-electron chi connectivity index (χ2n) is 14.1. The van der Waals surface area contributed by atoms with Crippen molar-refractivity contribution in [1.29, 1.82) is 5.26 Å². The highest BCUT2D eigenvalue weighted by Gasteiger charge is 2.20. The van der Waals surface area contributed by atoms with Gasteiger partial charge < -0.3 is 52.4 Å². The van der Waals surface area contributed by atoms with E-state index in [9.17, 15) is 28.8 Å². The molecule has 0 aliphatic heterocycles. The summed E-state index contributed by atoms with van der Waals surface area (Å²) in [4.78, 5) is 76.5. The maximum Gasteiger partial charge on any atom is 0.292 e. The normalized spacial score (nSPS) is 12.3. The molecule has 0 fully saturated rings. The Kier molecular flexibility index (Phi) is 22.8. The zero-order chi connectivity index (χ0) is 46.7. The molecule has 4 atom stereocenters. The molecule has 0 aliphatic carbocycles. The summed E-state index contributed by atoms with van der Waals surface area (Å²) >= 11 is 0. The lowest BCUT2D eigenvalue weighted by Crippen LogP contribution is -2.36. The van der Waals surface area contributed by atoms with Crippen LogP contribution >= 0.6 is 0 Å². The fraction of sp³-hybridized carbons (Fsp3) is 0.311. The first-order valence-electron chi connectivity index (χ1n) is 19.6. The Hall–Kier alpha value is -7.07. The first kappa shape index (κ1) is 51.3. The lowest BCUT2D eigenvalue weighted by atomic mass is 10.0. The molecule has 0 saturated carbocycles. The number of nitrogens with two attached hydrogens (primary N) is 5. The van der Waals surface area contributed by atoms with Gasteiger partial charge in [-0.25, -0.2) is 9.59 Å². The predicted molar refractivity (Wildman–Crippen MR) is 233 cm³/mol. The average Bonchev–Trinajstić information content (AvgIpc) is 3.28. The van der Waals surface area contributed by atoms with E-state index >= 15 is 0 Å². The number of nitrogens with zero attached hydrogens (tertiary/aromatic N) is 3. The summed E-state index contributed by atoms with van der Waals surface area (Å²) in [7, 11) is 0. The number of hydrogen-bond donors (Lipinski definition) is 5. The molecule has 0 aromatic heterocycles. The van der Waals surface area contributed by atoms with Crippen LogP contribution in [0.15, 0.2) is 107 Å². The number of hydrogen-bond acceptors (Lipinski definition) is 19. The topological polar surface area (TPSA) is 327 Å². The lowest BCUT2D eigenvalue weighted by molar-refractivity contribution is -0.137. The van der Waals surface area contributed by atoms with Crippen molar-refractivity contribution in [1.82, 2.24) is 0 Å². The first-order valence-corrected chi connectivity index (χ1v) is 19.6. The van der Waals surface area contributed by atoms with Crippen molar-refractivity contribution in [3.05, 3.63) is 119 Å². The van der Waals surface area contributed by atoms with E-state index in [-0.39, 0.29) is 70.2 Å². The molecular formula is C45H50N8O11. The van der Waals surface area contributed by atoms with Crippen LogP contribution in [0.25, 0.3) is 0 Å². The molecule has 0 saturated heterocycles.